The fourth-order valence-electron chi connectivity index (χ4n) is 4.10. The molecule has 36 heavy (non-hydrogen) atoms. The lowest BCUT2D eigenvalue weighted by molar-refractivity contribution is -0.125. The fourth-order valence-corrected chi connectivity index (χ4v) is 4.10. The van der Waals surface area contributed by atoms with Crippen molar-refractivity contribution >= 4 is 22.7 Å². The van der Waals surface area contributed by atoms with Gasteiger partial charge in [-0.2, -0.15) is 0 Å². The van der Waals surface area contributed by atoms with Gasteiger partial charge in [0.1, 0.15) is 22.4 Å². The minimum Gasteiger partial charge on any atom is -0.505 e. The third-order valence-electron chi connectivity index (χ3n) is 5.86. The van der Waals surface area contributed by atoms with Gasteiger partial charge in [-0.15, -0.1) is 0 Å². The highest BCUT2D eigenvalue weighted by atomic mass is 19.1. The molecule has 10 nitrogen and oxygen atoms in total. The first-order valence-corrected chi connectivity index (χ1v) is 11.4. The van der Waals surface area contributed by atoms with Crippen LogP contribution in [0.2, 0.25) is 0 Å². The zero-order valence-electron chi connectivity index (χ0n) is 20.1. The number of benzene rings is 1. The van der Waals surface area contributed by atoms with Crippen molar-refractivity contribution in [3.05, 3.63) is 63.3 Å². The maximum Gasteiger partial charge on any atom is 0.268 e. The second-order valence-corrected chi connectivity index (χ2v) is 9.32. The Morgan fingerprint density at radius 2 is 1.97 bits per heavy atom. The summed E-state index contributed by atoms with van der Waals surface area (Å²) in [5.41, 5.74) is -0.907. The van der Waals surface area contributed by atoms with Gasteiger partial charge in [-0.3, -0.25) is 23.9 Å². The number of aliphatic hydroxyl groups is 1. The van der Waals surface area contributed by atoms with E-state index in [0.29, 0.717) is 5.56 Å². The van der Waals surface area contributed by atoms with Crippen molar-refractivity contribution in [2.45, 2.75) is 38.5 Å². The van der Waals surface area contributed by atoms with Crippen LogP contribution < -0.4 is 20.9 Å². The smallest absolute Gasteiger partial charge is 0.268 e. The van der Waals surface area contributed by atoms with Gasteiger partial charge < -0.3 is 25.6 Å². The standard InChI is InChI=1S/C25H27FN4O6/c1-25(2,35)12-28-10-16(31)17-11-30-20-19(21(32)18(24(30)34)23(33)27-3)29-9-14(22(20)36-17)8-13-4-6-15(26)7-5-13/h4-7,9,17,28,32,35H,8,10-12H2,1-3H3,(H,27,33). The Balaban J connectivity index is 1.81. The normalized spacial score (nSPS) is 15.0. The molecule has 0 saturated carbocycles. The number of ether oxygens (including phenoxy) is 1. The number of pyridine rings is 2. The van der Waals surface area contributed by atoms with Crippen molar-refractivity contribution in [1.29, 1.82) is 0 Å². The van der Waals surface area contributed by atoms with E-state index in [1.807, 2.05) is 0 Å². The number of rotatable bonds is 8. The molecule has 1 amide bonds. The molecule has 4 N–H and O–H groups in total. The molecule has 4 rings (SSSR count). The zero-order valence-corrected chi connectivity index (χ0v) is 20.1. The minimum atomic E-state index is -1.08. The van der Waals surface area contributed by atoms with Gasteiger partial charge in [-0.05, 0) is 31.5 Å². The first-order valence-electron chi connectivity index (χ1n) is 11.4. The van der Waals surface area contributed by atoms with Gasteiger partial charge in [0.05, 0.1) is 18.7 Å². The summed E-state index contributed by atoms with van der Waals surface area (Å²) in [6.07, 6.45) is 0.606. The van der Waals surface area contributed by atoms with Gasteiger partial charge in [-0.25, -0.2) is 4.39 Å². The topological polar surface area (TPSA) is 143 Å². The van der Waals surface area contributed by atoms with E-state index in [4.69, 9.17) is 4.74 Å². The highest BCUT2D eigenvalue weighted by Gasteiger charge is 2.34. The van der Waals surface area contributed by atoms with Gasteiger partial charge in [0.15, 0.2) is 23.4 Å². The summed E-state index contributed by atoms with van der Waals surface area (Å²) in [7, 11) is 1.33. The van der Waals surface area contributed by atoms with Crippen LogP contribution in [0.3, 0.4) is 0 Å². The monoisotopic (exact) mass is 498 g/mol. The highest BCUT2D eigenvalue weighted by Crippen LogP contribution is 2.37. The number of aromatic hydroxyl groups is 1. The number of ketones is 1. The van der Waals surface area contributed by atoms with Crippen LogP contribution in [0.15, 0.2) is 35.3 Å². The van der Waals surface area contributed by atoms with Crippen LogP contribution >= 0.6 is 0 Å². The summed E-state index contributed by atoms with van der Waals surface area (Å²) in [4.78, 5) is 43.0. The lowest BCUT2D eigenvalue weighted by Gasteiger charge is -2.29. The van der Waals surface area contributed by atoms with Gasteiger partial charge in [-0.1, -0.05) is 12.1 Å². The molecule has 0 spiro atoms. The largest absolute Gasteiger partial charge is 0.505 e. The number of nitrogens with zero attached hydrogens (tertiary/aromatic N) is 2. The third-order valence-corrected chi connectivity index (χ3v) is 5.86. The molecule has 190 valence electrons. The van der Waals surface area contributed by atoms with Crippen LogP contribution in [-0.4, -0.2) is 63.3 Å². The van der Waals surface area contributed by atoms with Crippen molar-refractivity contribution in [3.63, 3.8) is 0 Å². The lowest BCUT2D eigenvalue weighted by Crippen LogP contribution is -2.46. The molecule has 0 aliphatic carbocycles. The Morgan fingerprint density at radius 3 is 2.61 bits per heavy atom. The number of carbonyl (C=O) groups is 2. The van der Waals surface area contributed by atoms with Crippen molar-refractivity contribution in [1.82, 2.24) is 20.2 Å². The molecule has 0 fully saturated rings. The van der Waals surface area contributed by atoms with E-state index in [2.05, 4.69) is 15.6 Å². The first kappa shape index (κ1) is 25.3. The Hall–Kier alpha value is -3.83. The van der Waals surface area contributed by atoms with E-state index in [-0.39, 0.29) is 48.6 Å². The highest BCUT2D eigenvalue weighted by molar-refractivity contribution is 6.02. The lowest BCUT2D eigenvalue weighted by atomic mass is 10.0. The first-order chi connectivity index (χ1) is 17.0. The fraction of sp³-hybridized carbons (Fsp3) is 0.360. The number of Topliss-reactive ketones (excluding diaryl/α,β-unsaturated/α-hetero) is 1. The molecule has 0 radical (unpaired) electrons. The number of carbonyl (C=O) groups excluding carboxylic acids is 2. The molecule has 1 aliphatic rings. The molecule has 11 heteroatoms. The van der Waals surface area contributed by atoms with Crippen molar-refractivity contribution in [2.24, 2.45) is 0 Å². The molecule has 2 aromatic heterocycles. The van der Waals surface area contributed by atoms with Crippen LogP contribution in [-0.2, 0) is 17.8 Å². The predicted octanol–water partition coefficient (Wildman–Crippen LogP) is 0.882. The Labute approximate surface area is 205 Å². The molecular weight excluding hydrogens is 471 g/mol. The molecule has 3 aromatic rings. The van der Waals surface area contributed by atoms with Crippen molar-refractivity contribution < 1.29 is 28.9 Å². The second kappa shape index (κ2) is 9.67. The second-order valence-electron chi connectivity index (χ2n) is 9.32. The maximum absolute atomic E-state index is 13.4. The van der Waals surface area contributed by atoms with Gasteiger partial charge in [0, 0.05) is 31.8 Å². The van der Waals surface area contributed by atoms with E-state index in [0.717, 1.165) is 5.56 Å². The SMILES string of the molecule is CNC(=O)c1c(O)c2ncc(Cc3ccc(F)cc3)c3c2n(c1=O)CC(C(=O)CNCC(C)(C)O)O3. The van der Waals surface area contributed by atoms with E-state index >= 15 is 0 Å². The Kier molecular flexibility index (Phi) is 6.79. The molecule has 0 saturated heterocycles. The number of halogens is 1. The molecular formula is C25H27FN4O6. The predicted molar refractivity (Wildman–Crippen MR) is 129 cm³/mol. The van der Waals surface area contributed by atoms with Crippen LogP contribution in [0.25, 0.3) is 11.0 Å². The van der Waals surface area contributed by atoms with E-state index in [1.54, 1.807) is 26.0 Å². The summed E-state index contributed by atoms with van der Waals surface area (Å²) in [5, 5.41) is 25.8. The molecule has 3 heterocycles. The minimum absolute atomic E-state index is 0.0166. The summed E-state index contributed by atoms with van der Waals surface area (Å²) in [6.45, 7) is 3.03. The summed E-state index contributed by atoms with van der Waals surface area (Å²) < 4.78 is 20.7. The number of amides is 1. The maximum atomic E-state index is 13.4. The van der Waals surface area contributed by atoms with Crippen LogP contribution in [0.5, 0.6) is 11.5 Å². The number of hydrogen-bond donors (Lipinski definition) is 4. The zero-order chi connectivity index (χ0) is 26.2. The molecule has 0 bridgehead atoms. The van der Waals surface area contributed by atoms with E-state index in [9.17, 15) is 29.0 Å². The Morgan fingerprint density at radius 1 is 1.28 bits per heavy atom. The molecule has 1 atom stereocenters. The van der Waals surface area contributed by atoms with Gasteiger partial charge in [0.2, 0.25) is 0 Å². The van der Waals surface area contributed by atoms with Crippen LogP contribution in [0.4, 0.5) is 4.39 Å². The van der Waals surface area contributed by atoms with Crippen LogP contribution in [0, 0.1) is 5.82 Å². The molecule has 1 unspecified atom stereocenters. The van der Waals surface area contributed by atoms with Crippen molar-refractivity contribution in [3.8, 4) is 11.5 Å². The molecule has 1 aromatic carbocycles. The molecule has 1 aliphatic heterocycles. The number of nitrogens with one attached hydrogen (secondary N) is 2. The van der Waals surface area contributed by atoms with Crippen LogP contribution in [0.1, 0.15) is 35.3 Å². The average Bonchev–Trinajstić information content (AvgIpc) is 2.83. The summed E-state index contributed by atoms with van der Waals surface area (Å²) >= 11 is 0. The summed E-state index contributed by atoms with van der Waals surface area (Å²) in [6, 6.07) is 5.82. The third kappa shape index (κ3) is 4.93. The van der Waals surface area contributed by atoms with E-state index in [1.165, 1.54) is 29.9 Å². The number of hydrogen-bond acceptors (Lipinski definition) is 8. The van der Waals surface area contributed by atoms with E-state index < -0.39 is 40.3 Å². The quantitative estimate of drug-likeness (QED) is 0.359. The summed E-state index contributed by atoms with van der Waals surface area (Å²) in [5.74, 6) is -1.96. The number of aromatic nitrogens is 2. The van der Waals surface area contributed by atoms with Crippen molar-refractivity contribution in [2.75, 3.05) is 20.1 Å². The van der Waals surface area contributed by atoms with Gasteiger partial charge in [0.25, 0.3) is 11.5 Å². The average molecular weight is 499 g/mol. The Bertz CT molecular complexity index is 1400. The van der Waals surface area contributed by atoms with Gasteiger partial charge >= 0.3 is 0 Å².